The molecule has 0 saturated carbocycles. The molecule has 0 N–H and O–H groups in total. The number of hydrogen-bond donors (Lipinski definition) is 0. The van der Waals surface area contributed by atoms with Crippen LogP contribution in [0.1, 0.15) is 25.5 Å². The average molecular weight is 309 g/mol. The smallest absolute Gasteiger partial charge is 0.243 e. The Kier molecular flexibility index (Phi) is 4.64. The minimum atomic E-state index is -3.69. The summed E-state index contributed by atoms with van der Waals surface area (Å²) in [6.45, 7) is 3.80. The summed E-state index contributed by atoms with van der Waals surface area (Å²) >= 11 is 0. The zero-order chi connectivity index (χ0) is 15.5. The third kappa shape index (κ3) is 3.25. The number of sulfonamides is 1. The fourth-order valence-corrected chi connectivity index (χ4v) is 3.65. The van der Waals surface area contributed by atoms with Crippen molar-refractivity contribution >= 4 is 10.0 Å². The van der Waals surface area contributed by atoms with E-state index in [1.54, 1.807) is 26.0 Å². The van der Waals surface area contributed by atoms with Gasteiger partial charge in [-0.25, -0.2) is 22.8 Å². The van der Waals surface area contributed by atoms with Gasteiger partial charge in [0.25, 0.3) is 0 Å². The zero-order valence-electron chi connectivity index (χ0n) is 11.8. The Morgan fingerprint density at radius 1 is 1.19 bits per heavy atom. The Balaban J connectivity index is 2.37. The molecule has 112 valence electrons. The number of halogens is 1. The van der Waals surface area contributed by atoms with E-state index in [0.29, 0.717) is 0 Å². The number of aromatic nitrogens is 2. The van der Waals surface area contributed by atoms with Gasteiger partial charge in [0.1, 0.15) is 17.0 Å². The van der Waals surface area contributed by atoms with Gasteiger partial charge in [0.05, 0.1) is 12.4 Å². The topological polar surface area (TPSA) is 63.2 Å². The molecule has 1 atom stereocenters. The van der Waals surface area contributed by atoms with Crippen molar-refractivity contribution in [1.29, 1.82) is 0 Å². The van der Waals surface area contributed by atoms with E-state index in [-0.39, 0.29) is 17.3 Å². The van der Waals surface area contributed by atoms with Crippen LogP contribution in [0.4, 0.5) is 4.39 Å². The first-order chi connectivity index (χ1) is 9.96. The molecule has 0 saturated heterocycles. The van der Waals surface area contributed by atoms with E-state index in [1.807, 2.05) is 0 Å². The summed E-state index contributed by atoms with van der Waals surface area (Å²) in [7, 11) is -3.69. The van der Waals surface area contributed by atoms with Crippen LogP contribution in [-0.4, -0.2) is 29.2 Å². The molecule has 1 heterocycles. The lowest BCUT2D eigenvalue weighted by Crippen LogP contribution is -2.33. The van der Waals surface area contributed by atoms with E-state index < -0.39 is 16.1 Å². The van der Waals surface area contributed by atoms with E-state index in [0.717, 1.165) is 5.56 Å². The molecular weight excluding hydrogens is 293 g/mol. The van der Waals surface area contributed by atoms with Gasteiger partial charge in [-0.15, -0.1) is 0 Å². The van der Waals surface area contributed by atoms with Crippen LogP contribution in [0.2, 0.25) is 0 Å². The van der Waals surface area contributed by atoms with Crippen molar-refractivity contribution in [3.05, 3.63) is 54.4 Å². The molecule has 0 bridgehead atoms. The molecule has 0 aliphatic heterocycles. The second-order valence-corrected chi connectivity index (χ2v) is 6.40. The summed E-state index contributed by atoms with van der Waals surface area (Å²) in [6, 6.07) is 5.38. The van der Waals surface area contributed by atoms with Crippen LogP contribution in [0.25, 0.3) is 0 Å². The van der Waals surface area contributed by atoms with Crippen LogP contribution in [0.5, 0.6) is 0 Å². The first kappa shape index (κ1) is 15.5. The summed E-state index contributed by atoms with van der Waals surface area (Å²) < 4.78 is 39.5. The van der Waals surface area contributed by atoms with Crippen molar-refractivity contribution in [2.45, 2.75) is 24.8 Å². The molecule has 7 heteroatoms. The van der Waals surface area contributed by atoms with Gasteiger partial charge in [-0.3, -0.25) is 0 Å². The van der Waals surface area contributed by atoms with Crippen LogP contribution < -0.4 is 0 Å². The molecule has 5 nitrogen and oxygen atoms in total. The highest BCUT2D eigenvalue weighted by atomic mass is 32.2. The molecule has 0 aliphatic rings. The summed E-state index contributed by atoms with van der Waals surface area (Å²) in [6.07, 6.45) is 3.81. The maximum Gasteiger partial charge on any atom is 0.246 e. The van der Waals surface area contributed by atoms with Gasteiger partial charge < -0.3 is 0 Å². The Bertz CT molecular complexity index is 690. The molecule has 2 aromatic rings. The van der Waals surface area contributed by atoms with Gasteiger partial charge in [0.2, 0.25) is 10.0 Å². The molecule has 0 amide bonds. The van der Waals surface area contributed by atoms with Crippen LogP contribution in [0.3, 0.4) is 0 Å². The lowest BCUT2D eigenvalue weighted by atomic mass is 10.1. The van der Waals surface area contributed by atoms with Crippen LogP contribution >= 0.6 is 0 Å². The van der Waals surface area contributed by atoms with Crippen molar-refractivity contribution in [3.63, 3.8) is 0 Å². The third-order valence-electron chi connectivity index (χ3n) is 3.24. The summed E-state index contributed by atoms with van der Waals surface area (Å²) in [5.41, 5.74) is 0.721. The van der Waals surface area contributed by atoms with E-state index in [1.165, 1.54) is 35.2 Å². The lowest BCUT2D eigenvalue weighted by molar-refractivity contribution is 0.356. The first-order valence-corrected chi connectivity index (χ1v) is 7.93. The number of nitrogens with zero attached hydrogens (tertiary/aromatic N) is 3. The summed E-state index contributed by atoms with van der Waals surface area (Å²) in [5.74, 6) is -0.353. The normalized spacial score (nSPS) is 13.3. The van der Waals surface area contributed by atoms with E-state index >= 15 is 0 Å². The minimum Gasteiger partial charge on any atom is -0.243 e. The lowest BCUT2D eigenvalue weighted by Gasteiger charge is -2.27. The number of hydrogen-bond acceptors (Lipinski definition) is 4. The molecule has 0 aliphatic carbocycles. The fourth-order valence-electron chi connectivity index (χ4n) is 2.11. The van der Waals surface area contributed by atoms with Gasteiger partial charge in [-0.05, 0) is 24.6 Å². The molecule has 0 unspecified atom stereocenters. The highest BCUT2D eigenvalue weighted by Crippen LogP contribution is 2.26. The van der Waals surface area contributed by atoms with Gasteiger partial charge in [-0.2, -0.15) is 4.31 Å². The van der Waals surface area contributed by atoms with E-state index in [9.17, 15) is 12.8 Å². The number of rotatable bonds is 5. The largest absolute Gasteiger partial charge is 0.246 e. The monoisotopic (exact) mass is 309 g/mol. The molecule has 1 aromatic carbocycles. The van der Waals surface area contributed by atoms with Crippen LogP contribution in [-0.2, 0) is 10.0 Å². The van der Waals surface area contributed by atoms with Crippen molar-refractivity contribution < 1.29 is 12.8 Å². The van der Waals surface area contributed by atoms with Crippen molar-refractivity contribution in [3.8, 4) is 0 Å². The predicted octanol–water partition coefficient (Wildman–Crippen LogP) is 2.39. The van der Waals surface area contributed by atoms with Gasteiger partial charge in [-0.1, -0.05) is 19.1 Å². The minimum absolute atomic E-state index is 0.0424. The molecule has 0 radical (unpaired) electrons. The molecule has 21 heavy (non-hydrogen) atoms. The Morgan fingerprint density at radius 3 is 2.29 bits per heavy atom. The molecular formula is C14H16FN3O2S. The Labute approximate surface area is 123 Å². The molecule has 2 rings (SSSR count). The molecule has 1 aromatic heterocycles. The zero-order valence-corrected chi connectivity index (χ0v) is 12.6. The fraction of sp³-hybridized carbons (Fsp3) is 0.286. The van der Waals surface area contributed by atoms with Gasteiger partial charge >= 0.3 is 0 Å². The van der Waals surface area contributed by atoms with Crippen molar-refractivity contribution in [2.24, 2.45) is 0 Å². The SMILES string of the molecule is CCN([C@H](C)c1ccc(F)cc1)S(=O)(=O)c1cncnc1. The third-order valence-corrected chi connectivity index (χ3v) is 5.24. The standard InChI is InChI=1S/C14H16FN3O2S/c1-3-18(11(2)12-4-6-13(15)7-5-12)21(19,20)14-8-16-10-17-9-14/h4-11H,3H2,1-2H3/t11-/m1/s1. The molecule has 0 fully saturated rings. The second-order valence-electron chi connectivity index (χ2n) is 4.51. The van der Waals surface area contributed by atoms with Crippen molar-refractivity contribution in [1.82, 2.24) is 14.3 Å². The van der Waals surface area contributed by atoms with E-state index in [2.05, 4.69) is 9.97 Å². The number of benzene rings is 1. The quantitative estimate of drug-likeness (QED) is 0.850. The summed E-state index contributed by atoms with van der Waals surface area (Å²) in [5, 5.41) is 0. The van der Waals surface area contributed by atoms with Crippen molar-refractivity contribution in [2.75, 3.05) is 6.54 Å². The maximum atomic E-state index is 13.0. The highest BCUT2D eigenvalue weighted by molar-refractivity contribution is 7.89. The van der Waals surface area contributed by atoms with Gasteiger partial charge in [0, 0.05) is 12.6 Å². The van der Waals surface area contributed by atoms with Crippen LogP contribution in [0.15, 0.2) is 47.9 Å². The first-order valence-electron chi connectivity index (χ1n) is 6.49. The van der Waals surface area contributed by atoms with E-state index in [4.69, 9.17) is 0 Å². The van der Waals surface area contributed by atoms with Gasteiger partial charge in [0.15, 0.2) is 0 Å². The Hall–Kier alpha value is -1.86. The highest BCUT2D eigenvalue weighted by Gasteiger charge is 2.29. The Morgan fingerprint density at radius 2 is 1.76 bits per heavy atom. The average Bonchev–Trinajstić information content (AvgIpc) is 2.49. The van der Waals surface area contributed by atoms with Crippen LogP contribution in [0, 0.1) is 5.82 Å². The maximum absolute atomic E-state index is 13.0. The summed E-state index contributed by atoms with van der Waals surface area (Å²) in [4.78, 5) is 7.53. The predicted molar refractivity (Wildman–Crippen MR) is 76.4 cm³/mol. The second kappa shape index (κ2) is 6.28. The molecule has 0 spiro atoms.